The van der Waals surface area contributed by atoms with E-state index in [1.807, 2.05) is 17.8 Å². The van der Waals surface area contributed by atoms with E-state index in [1.54, 1.807) is 6.33 Å². The Hall–Kier alpha value is -0.830. The molecule has 0 aromatic carbocycles. The van der Waals surface area contributed by atoms with Crippen molar-refractivity contribution in [2.24, 2.45) is 17.9 Å². The lowest BCUT2D eigenvalue weighted by atomic mass is 9.59. The normalized spacial score (nSPS) is 25.8. The maximum atomic E-state index is 11.0. The molecule has 1 aromatic rings. The van der Waals surface area contributed by atoms with Crippen LogP contribution in [0, 0.1) is 10.8 Å². The van der Waals surface area contributed by atoms with E-state index in [1.165, 1.54) is 0 Å². The van der Waals surface area contributed by atoms with Crippen molar-refractivity contribution in [1.29, 1.82) is 0 Å². The van der Waals surface area contributed by atoms with E-state index < -0.39 is 5.60 Å². The van der Waals surface area contributed by atoms with Crippen LogP contribution in [-0.2, 0) is 12.6 Å². The van der Waals surface area contributed by atoms with Crippen LogP contribution in [0.3, 0.4) is 0 Å². The molecule has 1 N–H and O–H groups in total. The smallest absolute Gasteiger partial charge is 0.109 e. The summed E-state index contributed by atoms with van der Waals surface area (Å²) >= 11 is 0. The first-order valence-electron chi connectivity index (χ1n) is 6.33. The Morgan fingerprint density at radius 1 is 1.12 bits per heavy atom. The van der Waals surface area contributed by atoms with Crippen LogP contribution in [0.25, 0.3) is 0 Å². The minimum atomic E-state index is -0.771. The van der Waals surface area contributed by atoms with Crippen molar-refractivity contribution in [3.63, 3.8) is 0 Å². The molecule has 0 radical (unpaired) electrons. The fraction of sp³-hybridized carbons (Fsp3) is 0.786. The highest BCUT2D eigenvalue weighted by atomic mass is 16.3. The molecular formula is C14H24N2O. The lowest BCUT2D eigenvalue weighted by Gasteiger charge is -2.48. The van der Waals surface area contributed by atoms with Crippen LogP contribution in [0.1, 0.15) is 52.7 Å². The predicted molar refractivity (Wildman–Crippen MR) is 68.5 cm³/mol. The molecular weight excluding hydrogens is 212 g/mol. The van der Waals surface area contributed by atoms with Gasteiger partial charge in [-0.3, -0.25) is 0 Å². The maximum Gasteiger partial charge on any atom is 0.109 e. The Kier molecular flexibility index (Phi) is 2.66. The minimum absolute atomic E-state index is 0.161. The standard InChI is InChI=1S/C14H24N2O/c1-12(2)7-13(3,4)9-14(17,8-12)11-6-16(5)10-15-11/h6,10,17H,7-9H2,1-5H3. The van der Waals surface area contributed by atoms with Gasteiger partial charge in [0.15, 0.2) is 0 Å². The quantitative estimate of drug-likeness (QED) is 0.814. The summed E-state index contributed by atoms with van der Waals surface area (Å²) in [4.78, 5) is 4.36. The topological polar surface area (TPSA) is 38.0 Å². The highest BCUT2D eigenvalue weighted by Crippen LogP contribution is 2.53. The zero-order valence-corrected chi connectivity index (χ0v) is 11.6. The summed E-state index contributed by atoms with van der Waals surface area (Å²) in [5.74, 6) is 0. The fourth-order valence-corrected chi connectivity index (χ4v) is 3.90. The van der Waals surface area contributed by atoms with Crippen LogP contribution in [0.15, 0.2) is 12.5 Å². The molecule has 0 amide bonds. The molecule has 3 nitrogen and oxygen atoms in total. The number of nitrogens with zero attached hydrogens (tertiary/aromatic N) is 2. The van der Waals surface area contributed by atoms with E-state index in [2.05, 4.69) is 32.7 Å². The van der Waals surface area contributed by atoms with E-state index in [0.717, 1.165) is 25.0 Å². The maximum absolute atomic E-state index is 11.0. The zero-order chi connectivity index (χ0) is 12.9. The number of aliphatic hydroxyl groups is 1. The zero-order valence-electron chi connectivity index (χ0n) is 11.6. The molecule has 1 saturated carbocycles. The third-order valence-electron chi connectivity index (χ3n) is 3.68. The molecule has 2 rings (SSSR count). The second kappa shape index (κ2) is 3.58. The second-order valence-electron chi connectivity index (χ2n) is 7.31. The number of hydrogen-bond donors (Lipinski definition) is 1. The molecule has 3 heteroatoms. The minimum Gasteiger partial charge on any atom is -0.383 e. The van der Waals surface area contributed by atoms with Gasteiger partial charge in [0.05, 0.1) is 12.0 Å². The molecule has 96 valence electrons. The van der Waals surface area contributed by atoms with Crippen LogP contribution in [0.5, 0.6) is 0 Å². The fourth-order valence-electron chi connectivity index (χ4n) is 3.90. The lowest BCUT2D eigenvalue weighted by molar-refractivity contribution is -0.0937. The SMILES string of the molecule is Cn1cnc(C2(O)CC(C)(C)CC(C)(C)C2)c1. The third kappa shape index (κ3) is 2.54. The number of imidazole rings is 1. The Labute approximate surface area is 104 Å². The molecule has 0 unspecified atom stereocenters. The number of hydrogen-bond acceptors (Lipinski definition) is 2. The van der Waals surface area contributed by atoms with Crippen molar-refractivity contribution in [2.75, 3.05) is 0 Å². The third-order valence-corrected chi connectivity index (χ3v) is 3.68. The Balaban J connectivity index is 2.36. The van der Waals surface area contributed by atoms with Crippen molar-refractivity contribution in [3.8, 4) is 0 Å². The van der Waals surface area contributed by atoms with Gasteiger partial charge in [0.25, 0.3) is 0 Å². The average Bonchev–Trinajstić information content (AvgIpc) is 2.44. The van der Waals surface area contributed by atoms with E-state index in [0.29, 0.717) is 0 Å². The van der Waals surface area contributed by atoms with Crippen molar-refractivity contribution in [1.82, 2.24) is 9.55 Å². The summed E-state index contributed by atoms with van der Waals surface area (Å²) < 4.78 is 1.90. The van der Waals surface area contributed by atoms with Gasteiger partial charge in [-0.1, -0.05) is 27.7 Å². The summed E-state index contributed by atoms with van der Waals surface area (Å²) in [7, 11) is 1.94. The molecule has 0 aliphatic heterocycles. The molecule has 17 heavy (non-hydrogen) atoms. The Morgan fingerprint density at radius 3 is 2.06 bits per heavy atom. The van der Waals surface area contributed by atoms with Crippen LogP contribution in [0.4, 0.5) is 0 Å². The molecule has 0 atom stereocenters. The number of aryl methyl sites for hydroxylation is 1. The van der Waals surface area contributed by atoms with Gasteiger partial charge in [0.1, 0.15) is 5.60 Å². The van der Waals surface area contributed by atoms with Crippen LogP contribution < -0.4 is 0 Å². The number of rotatable bonds is 1. The summed E-state index contributed by atoms with van der Waals surface area (Å²) in [6.45, 7) is 8.95. The molecule has 1 aromatic heterocycles. The monoisotopic (exact) mass is 236 g/mol. The molecule has 0 bridgehead atoms. The van der Waals surface area contributed by atoms with E-state index in [-0.39, 0.29) is 10.8 Å². The lowest BCUT2D eigenvalue weighted by Crippen LogP contribution is -2.44. The highest BCUT2D eigenvalue weighted by Gasteiger charge is 2.48. The van der Waals surface area contributed by atoms with E-state index in [9.17, 15) is 5.11 Å². The Morgan fingerprint density at radius 2 is 1.65 bits per heavy atom. The second-order valence-corrected chi connectivity index (χ2v) is 7.31. The van der Waals surface area contributed by atoms with Gasteiger partial charge >= 0.3 is 0 Å². The largest absolute Gasteiger partial charge is 0.383 e. The van der Waals surface area contributed by atoms with Gasteiger partial charge in [-0.25, -0.2) is 4.98 Å². The molecule has 1 aliphatic carbocycles. The van der Waals surface area contributed by atoms with Crippen LogP contribution in [-0.4, -0.2) is 14.7 Å². The first-order valence-corrected chi connectivity index (χ1v) is 6.33. The van der Waals surface area contributed by atoms with Crippen LogP contribution in [0.2, 0.25) is 0 Å². The summed E-state index contributed by atoms with van der Waals surface area (Å²) in [6.07, 6.45) is 6.44. The molecule has 1 heterocycles. The first-order chi connectivity index (χ1) is 7.62. The Bertz CT molecular complexity index is 402. The van der Waals surface area contributed by atoms with E-state index in [4.69, 9.17) is 0 Å². The molecule has 1 aliphatic rings. The van der Waals surface area contributed by atoms with Gasteiger partial charge < -0.3 is 9.67 Å². The van der Waals surface area contributed by atoms with Gasteiger partial charge in [-0.2, -0.15) is 0 Å². The first kappa shape index (κ1) is 12.6. The highest BCUT2D eigenvalue weighted by molar-refractivity contribution is 5.14. The van der Waals surface area contributed by atoms with Crippen molar-refractivity contribution >= 4 is 0 Å². The number of aromatic nitrogens is 2. The van der Waals surface area contributed by atoms with Crippen LogP contribution >= 0.6 is 0 Å². The molecule has 1 fully saturated rings. The summed E-state index contributed by atoms with van der Waals surface area (Å²) in [5.41, 5.74) is 0.370. The van der Waals surface area contributed by atoms with Gasteiger partial charge in [-0.05, 0) is 30.1 Å². The van der Waals surface area contributed by atoms with Crippen molar-refractivity contribution in [3.05, 3.63) is 18.2 Å². The summed E-state index contributed by atoms with van der Waals surface area (Å²) in [6, 6.07) is 0. The molecule has 0 saturated heterocycles. The molecule has 0 spiro atoms. The average molecular weight is 236 g/mol. The van der Waals surface area contributed by atoms with E-state index >= 15 is 0 Å². The van der Waals surface area contributed by atoms with Crippen molar-refractivity contribution < 1.29 is 5.11 Å². The van der Waals surface area contributed by atoms with Gasteiger partial charge in [-0.15, -0.1) is 0 Å². The summed E-state index contributed by atoms with van der Waals surface area (Å²) in [5, 5.41) is 11.0. The van der Waals surface area contributed by atoms with Crippen molar-refractivity contribution in [2.45, 2.75) is 52.6 Å². The van der Waals surface area contributed by atoms with Gasteiger partial charge in [0, 0.05) is 13.2 Å². The van der Waals surface area contributed by atoms with Gasteiger partial charge in [0.2, 0.25) is 0 Å². The predicted octanol–water partition coefficient (Wildman–Crippen LogP) is 2.84.